The summed E-state index contributed by atoms with van der Waals surface area (Å²) >= 11 is 1.43. The Hall–Kier alpha value is -3.00. The van der Waals surface area contributed by atoms with Crippen LogP contribution in [0.15, 0.2) is 58.2 Å². The van der Waals surface area contributed by atoms with Crippen molar-refractivity contribution in [1.29, 1.82) is 0 Å². The van der Waals surface area contributed by atoms with E-state index >= 15 is 0 Å². The third-order valence-electron chi connectivity index (χ3n) is 6.02. The van der Waals surface area contributed by atoms with E-state index in [9.17, 15) is 4.79 Å². The molecule has 0 saturated carbocycles. The van der Waals surface area contributed by atoms with Gasteiger partial charge in [0.25, 0.3) is 5.22 Å². The molecule has 0 N–H and O–H groups in total. The minimum Gasteiger partial charge on any atom is -0.497 e. The molecule has 8 heteroatoms. The smallest absolute Gasteiger partial charge is 0.276 e. The molecule has 1 aromatic heterocycles. The summed E-state index contributed by atoms with van der Waals surface area (Å²) in [6.45, 7) is 9.66. The van der Waals surface area contributed by atoms with Crippen molar-refractivity contribution in [2.45, 2.75) is 37.8 Å². The van der Waals surface area contributed by atoms with Gasteiger partial charge in [0.05, 0.1) is 7.11 Å². The Bertz CT molecular complexity index is 1080. The van der Waals surface area contributed by atoms with Crippen molar-refractivity contribution in [3.8, 4) is 17.2 Å². The zero-order chi connectivity index (χ0) is 24.1. The number of piperazine rings is 1. The number of anilines is 1. The van der Waals surface area contributed by atoms with E-state index in [2.05, 4.69) is 60.1 Å². The van der Waals surface area contributed by atoms with Gasteiger partial charge >= 0.3 is 0 Å². The maximum absolute atomic E-state index is 12.7. The summed E-state index contributed by atoms with van der Waals surface area (Å²) in [4.78, 5) is 16.9. The SMILES string of the molecule is COc1ccc(N2CCN(C(=O)CCSc3nnc(-c4ccc(C(C)(C)C)cc4)o3)CC2)cc1. The Morgan fingerprint density at radius 3 is 2.29 bits per heavy atom. The third kappa shape index (κ3) is 5.91. The Morgan fingerprint density at radius 1 is 1.00 bits per heavy atom. The first-order valence-corrected chi connectivity index (χ1v) is 12.6. The monoisotopic (exact) mass is 480 g/mol. The van der Waals surface area contributed by atoms with E-state index in [4.69, 9.17) is 9.15 Å². The zero-order valence-corrected chi connectivity index (χ0v) is 21.1. The maximum Gasteiger partial charge on any atom is 0.276 e. The molecule has 0 bridgehead atoms. The predicted octanol–water partition coefficient (Wildman–Crippen LogP) is 4.87. The van der Waals surface area contributed by atoms with Gasteiger partial charge in [-0.2, -0.15) is 0 Å². The van der Waals surface area contributed by atoms with Crippen molar-refractivity contribution in [3.63, 3.8) is 0 Å². The van der Waals surface area contributed by atoms with Gasteiger partial charge in [-0.1, -0.05) is 44.7 Å². The normalized spacial score (nSPS) is 14.4. The molecule has 4 rings (SSSR count). The number of aromatic nitrogens is 2. The highest BCUT2D eigenvalue weighted by Gasteiger charge is 2.21. The first-order chi connectivity index (χ1) is 16.3. The van der Waals surface area contributed by atoms with Crippen LogP contribution in [0.5, 0.6) is 5.75 Å². The average molecular weight is 481 g/mol. The molecule has 1 aliphatic heterocycles. The van der Waals surface area contributed by atoms with Crippen molar-refractivity contribution in [1.82, 2.24) is 15.1 Å². The number of hydrogen-bond acceptors (Lipinski definition) is 7. The number of nitrogens with zero attached hydrogens (tertiary/aromatic N) is 4. The van der Waals surface area contributed by atoms with E-state index in [1.165, 1.54) is 17.3 Å². The van der Waals surface area contributed by atoms with Crippen LogP contribution >= 0.6 is 11.8 Å². The Kier molecular flexibility index (Phi) is 7.46. The summed E-state index contributed by atoms with van der Waals surface area (Å²) in [5.41, 5.74) is 3.42. The molecule has 0 spiro atoms. The zero-order valence-electron chi connectivity index (χ0n) is 20.3. The molecular weight excluding hydrogens is 448 g/mol. The van der Waals surface area contributed by atoms with Crippen molar-refractivity contribution in [2.75, 3.05) is 43.9 Å². The van der Waals surface area contributed by atoms with Crippen molar-refractivity contribution >= 4 is 23.4 Å². The van der Waals surface area contributed by atoms with Gasteiger partial charge in [0, 0.05) is 49.6 Å². The molecule has 3 aromatic rings. The van der Waals surface area contributed by atoms with E-state index in [1.54, 1.807) is 7.11 Å². The van der Waals surface area contributed by atoms with E-state index in [1.807, 2.05) is 29.2 Å². The minimum atomic E-state index is 0.100. The molecule has 2 heterocycles. The van der Waals surface area contributed by atoms with Crippen molar-refractivity contribution in [2.24, 2.45) is 0 Å². The lowest BCUT2D eigenvalue weighted by molar-refractivity contribution is -0.131. The van der Waals surface area contributed by atoms with Crippen LogP contribution < -0.4 is 9.64 Å². The fraction of sp³-hybridized carbons (Fsp3) is 0.423. The number of carbonyl (C=O) groups is 1. The van der Waals surface area contributed by atoms with E-state index in [0.717, 1.165) is 43.2 Å². The van der Waals surface area contributed by atoms with Crippen molar-refractivity contribution < 1.29 is 13.9 Å². The Labute approximate surface area is 205 Å². The second-order valence-corrected chi connectivity index (χ2v) is 10.4. The number of carbonyl (C=O) groups excluding carboxylic acids is 1. The summed E-state index contributed by atoms with van der Waals surface area (Å²) in [7, 11) is 1.67. The van der Waals surface area contributed by atoms with Crippen LogP contribution in [0.4, 0.5) is 5.69 Å². The molecule has 1 aliphatic rings. The number of ether oxygens (including phenoxy) is 1. The van der Waals surface area contributed by atoms with Gasteiger partial charge in [0.1, 0.15) is 5.75 Å². The molecule has 1 saturated heterocycles. The van der Waals surface area contributed by atoms with Crippen molar-refractivity contribution in [3.05, 3.63) is 54.1 Å². The maximum atomic E-state index is 12.7. The van der Waals surface area contributed by atoms with Crippen LogP contribution in [0.2, 0.25) is 0 Å². The van der Waals surface area contributed by atoms with Crippen LogP contribution in [0, 0.1) is 0 Å². The quantitative estimate of drug-likeness (QED) is 0.447. The van der Waals surface area contributed by atoms with Crippen LogP contribution in [0.25, 0.3) is 11.5 Å². The summed E-state index contributed by atoms with van der Waals surface area (Å²) in [6, 6.07) is 16.3. The molecule has 34 heavy (non-hydrogen) atoms. The Balaban J connectivity index is 1.22. The number of hydrogen-bond donors (Lipinski definition) is 0. The lowest BCUT2D eigenvalue weighted by atomic mass is 9.87. The molecule has 2 aromatic carbocycles. The van der Waals surface area contributed by atoms with Crippen LogP contribution in [-0.4, -0.2) is 60.0 Å². The first-order valence-electron chi connectivity index (χ1n) is 11.6. The fourth-order valence-electron chi connectivity index (χ4n) is 3.89. The molecule has 0 radical (unpaired) electrons. The second kappa shape index (κ2) is 10.5. The summed E-state index contributed by atoms with van der Waals surface area (Å²) in [6.07, 6.45) is 0.450. The van der Waals surface area contributed by atoms with Crippen LogP contribution in [0.3, 0.4) is 0 Å². The minimum absolute atomic E-state index is 0.100. The van der Waals surface area contributed by atoms with Gasteiger partial charge in [-0.3, -0.25) is 4.79 Å². The largest absolute Gasteiger partial charge is 0.497 e. The van der Waals surface area contributed by atoms with Gasteiger partial charge in [-0.25, -0.2) is 0 Å². The standard InChI is InChI=1S/C26H32N4O3S/c1-26(2,3)20-7-5-19(6-8-20)24-27-28-25(33-24)34-18-13-23(31)30-16-14-29(15-17-30)21-9-11-22(32-4)12-10-21/h5-12H,13-18H2,1-4H3. The Morgan fingerprint density at radius 2 is 1.68 bits per heavy atom. The van der Waals surface area contributed by atoms with Gasteiger partial charge in [-0.15, -0.1) is 10.2 Å². The van der Waals surface area contributed by atoms with Gasteiger partial charge < -0.3 is 19.0 Å². The molecule has 0 unspecified atom stereocenters. The highest BCUT2D eigenvalue weighted by Crippen LogP contribution is 2.27. The lowest BCUT2D eigenvalue weighted by Gasteiger charge is -2.36. The third-order valence-corrected chi connectivity index (χ3v) is 6.84. The summed E-state index contributed by atoms with van der Waals surface area (Å²) in [5, 5.41) is 8.80. The molecular formula is C26H32N4O3S. The van der Waals surface area contributed by atoms with E-state index < -0.39 is 0 Å². The number of methoxy groups -OCH3 is 1. The number of thioether (sulfide) groups is 1. The average Bonchev–Trinajstić information content (AvgIpc) is 3.32. The fourth-order valence-corrected chi connectivity index (χ4v) is 4.58. The molecule has 1 fully saturated rings. The topological polar surface area (TPSA) is 71.7 Å². The number of amides is 1. The summed E-state index contributed by atoms with van der Waals surface area (Å²) in [5.74, 6) is 2.13. The molecule has 180 valence electrons. The number of benzene rings is 2. The molecule has 0 atom stereocenters. The van der Waals surface area contributed by atoms with Gasteiger partial charge in [0.2, 0.25) is 11.8 Å². The molecule has 7 nitrogen and oxygen atoms in total. The summed E-state index contributed by atoms with van der Waals surface area (Å²) < 4.78 is 11.0. The first kappa shape index (κ1) is 24.1. The lowest BCUT2D eigenvalue weighted by Crippen LogP contribution is -2.48. The van der Waals surface area contributed by atoms with Crippen LogP contribution in [0.1, 0.15) is 32.8 Å². The van der Waals surface area contributed by atoms with E-state index in [0.29, 0.717) is 23.3 Å². The highest BCUT2D eigenvalue weighted by molar-refractivity contribution is 7.99. The van der Waals surface area contributed by atoms with Crippen LogP contribution in [-0.2, 0) is 10.2 Å². The molecule has 1 amide bonds. The molecule has 0 aliphatic carbocycles. The number of rotatable bonds is 7. The highest BCUT2D eigenvalue weighted by atomic mass is 32.2. The van der Waals surface area contributed by atoms with E-state index in [-0.39, 0.29) is 11.3 Å². The second-order valence-electron chi connectivity index (χ2n) is 9.36. The van der Waals surface area contributed by atoms with Gasteiger partial charge in [-0.05, 0) is 47.4 Å². The predicted molar refractivity (Wildman–Crippen MR) is 136 cm³/mol. The van der Waals surface area contributed by atoms with Gasteiger partial charge in [0.15, 0.2) is 0 Å².